The Hall–Kier alpha value is -2.90. The summed E-state index contributed by atoms with van der Waals surface area (Å²) in [5.41, 5.74) is 2.78. The van der Waals surface area contributed by atoms with Crippen molar-refractivity contribution in [1.82, 2.24) is 24.7 Å². The Morgan fingerprint density at radius 3 is 2.78 bits per heavy atom. The molecule has 27 heavy (non-hydrogen) atoms. The molecule has 0 bridgehead atoms. The number of hydrogen-bond donors (Lipinski definition) is 1. The Balaban J connectivity index is 1.70. The van der Waals surface area contributed by atoms with Crippen molar-refractivity contribution in [2.45, 2.75) is 52.0 Å². The summed E-state index contributed by atoms with van der Waals surface area (Å²) in [6.07, 6.45) is 4.20. The van der Waals surface area contributed by atoms with Crippen LogP contribution in [0.25, 0.3) is 5.65 Å². The number of fused-ring (bicyclic) bond motifs is 1. The van der Waals surface area contributed by atoms with Crippen LogP contribution in [0, 0.1) is 0 Å². The monoisotopic (exact) mass is 369 g/mol. The molecule has 1 aliphatic heterocycles. The van der Waals surface area contributed by atoms with E-state index in [0.29, 0.717) is 18.6 Å². The lowest BCUT2D eigenvalue weighted by Gasteiger charge is -2.34. The molecule has 142 valence electrons. The van der Waals surface area contributed by atoms with Crippen LogP contribution in [0.1, 0.15) is 66.8 Å². The molecule has 0 aliphatic carbocycles. The first-order valence-corrected chi connectivity index (χ1v) is 9.48. The minimum Gasteiger partial charge on any atom is -0.351 e. The Bertz CT molecular complexity index is 1030. The number of nitrogens with zero attached hydrogens (tertiary/aromatic N) is 4. The molecule has 0 spiro atoms. The number of hydrogen-bond acceptors (Lipinski definition) is 5. The topological polar surface area (TPSA) is 96.5 Å². The van der Waals surface area contributed by atoms with Crippen LogP contribution in [0.5, 0.6) is 0 Å². The van der Waals surface area contributed by atoms with Gasteiger partial charge in [0.15, 0.2) is 5.65 Å². The highest BCUT2D eigenvalue weighted by atomic mass is 16.5. The minimum absolute atomic E-state index is 0.139. The maximum Gasteiger partial charge on any atom is 0.293 e. The molecule has 1 aliphatic rings. The molecule has 0 saturated carbocycles. The Labute approximate surface area is 156 Å². The summed E-state index contributed by atoms with van der Waals surface area (Å²) in [5, 5.41) is 7.07. The first-order valence-electron chi connectivity index (χ1n) is 9.48. The number of carbonyl (C=O) groups is 1. The molecule has 1 N–H and O–H groups in total. The van der Waals surface area contributed by atoms with E-state index in [-0.39, 0.29) is 23.3 Å². The summed E-state index contributed by atoms with van der Waals surface area (Å²) in [6, 6.07) is 4.97. The molecule has 1 amide bonds. The molecule has 1 unspecified atom stereocenters. The van der Waals surface area contributed by atoms with Gasteiger partial charge >= 0.3 is 0 Å². The second-order valence-electron chi connectivity index (χ2n) is 6.89. The van der Waals surface area contributed by atoms with Crippen LogP contribution >= 0.6 is 0 Å². The molecule has 8 heteroatoms. The quantitative estimate of drug-likeness (QED) is 0.762. The molecule has 1 fully saturated rings. The van der Waals surface area contributed by atoms with E-state index in [2.05, 4.69) is 15.2 Å². The highest BCUT2D eigenvalue weighted by Gasteiger charge is 2.32. The van der Waals surface area contributed by atoms with E-state index in [4.69, 9.17) is 4.52 Å². The van der Waals surface area contributed by atoms with Crippen molar-refractivity contribution in [2.75, 3.05) is 6.54 Å². The van der Waals surface area contributed by atoms with Gasteiger partial charge in [0.1, 0.15) is 0 Å². The molecule has 4 heterocycles. The SMILES string of the molecule is CCc1cc(C(=O)N2CCCCC2c2cc3nc(CC)cc(=O)n3[nH]2)on1. The number of amides is 1. The third-order valence-electron chi connectivity index (χ3n) is 5.14. The molecule has 1 saturated heterocycles. The van der Waals surface area contributed by atoms with E-state index in [0.717, 1.165) is 42.8 Å². The van der Waals surface area contributed by atoms with Gasteiger partial charge in [-0.2, -0.15) is 0 Å². The van der Waals surface area contributed by atoms with Crippen LogP contribution < -0.4 is 5.56 Å². The first kappa shape index (κ1) is 17.5. The fourth-order valence-corrected chi connectivity index (χ4v) is 3.63. The molecule has 0 aromatic carbocycles. The van der Waals surface area contributed by atoms with Gasteiger partial charge in [-0.25, -0.2) is 9.50 Å². The Morgan fingerprint density at radius 2 is 2.04 bits per heavy atom. The molecule has 3 aromatic heterocycles. The molecule has 8 nitrogen and oxygen atoms in total. The summed E-state index contributed by atoms with van der Waals surface area (Å²) in [6.45, 7) is 4.58. The fraction of sp³-hybridized carbons (Fsp3) is 0.474. The van der Waals surface area contributed by atoms with Crippen molar-refractivity contribution in [3.63, 3.8) is 0 Å². The van der Waals surface area contributed by atoms with Gasteiger partial charge < -0.3 is 9.42 Å². The smallest absolute Gasteiger partial charge is 0.293 e. The van der Waals surface area contributed by atoms with Crippen LogP contribution in [0.4, 0.5) is 0 Å². The van der Waals surface area contributed by atoms with Crippen LogP contribution in [0.15, 0.2) is 27.5 Å². The minimum atomic E-state index is -0.167. The molecule has 4 rings (SSSR count). The third-order valence-corrected chi connectivity index (χ3v) is 5.14. The van der Waals surface area contributed by atoms with Gasteiger partial charge in [-0.1, -0.05) is 19.0 Å². The van der Waals surface area contributed by atoms with E-state index < -0.39 is 0 Å². The van der Waals surface area contributed by atoms with E-state index in [9.17, 15) is 9.59 Å². The maximum absolute atomic E-state index is 13.0. The van der Waals surface area contributed by atoms with Gasteiger partial charge in [0.25, 0.3) is 11.5 Å². The zero-order valence-electron chi connectivity index (χ0n) is 15.6. The van der Waals surface area contributed by atoms with Gasteiger partial charge in [0.2, 0.25) is 5.76 Å². The predicted molar refractivity (Wildman–Crippen MR) is 98.7 cm³/mol. The number of nitrogens with one attached hydrogen (secondary N) is 1. The summed E-state index contributed by atoms with van der Waals surface area (Å²) < 4.78 is 6.68. The normalized spacial score (nSPS) is 17.6. The largest absolute Gasteiger partial charge is 0.351 e. The maximum atomic E-state index is 13.0. The molecule has 1 atom stereocenters. The summed E-state index contributed by atoms with van der Waals surface area (Å²) >= 11 is 0. The zero-order valence-corrected chi connectivity index (χ0v) is 15.6. The summed E-state index contributed by atoms with van der Waals surface area (Å²) in [5.74, 6) is 0.0959. The highest BCUT2D eigenvalue weighted by Crippen LogP contribution is 2.31. The number of carbonyl (C=O) groups excluding carboxylic acids is 1. The molecular formula is C19H23N5O3. The number of rotatable bonds is 4. The van der Waals surface area contributed by atoms with Crippen LogP contribution in [-0.4, -0.2) is 37.1 Å². The lowest BCUT2D eigenvalue weighted by atomic mass is 9.99. The number of aromatic amines is 1. The number of piperidine rings is 1. The highest BCUT2D eigenvalue weighted by molar-refractivity contribution is 5.91. The Morgan fingerprint density at radius 1 is 1.22 bits per heavy atom. The van der Waals surface area contributed by atoms with Gasteiger partial charge in [-0.15, -0.1) is 0 Å². The summed E-state index contributed by atoms with van der Waals surface area (Å²) in [7, 11) is 0. The van der Waals surface area contributed by atoms with Crippen molar-refractivity contribution in [3.8, 4) is 0 Å². The van der Waals surface area contributed by atoms with Gasteiger partial charge in [0, 0.05) is 30.4 Å². The van der Waals surface area contributed by atoms with Gasteiger partial charge in [-0.3, -0.25) is 14.7 Å². The second kappa shape index (κ2) is 7.02. The average Bonchev–Trinajstić information content (AvgIpc) is 3.34. The molecular weight excluding hydrogens is 346 g/mol. The Kier molecular flexibility index (Phi) is 4.55. The zero-order chi connectivity index (χ0) is 19.0. The van der Waals surface area contributed by atoms with Gasteiger partial charge in [0.05, 0.1) is 17.4 Å². The first-order chi connectivity index (χ1) is 13.1. The third kappa shape index (κ3) is 3.15. The van der Waals surface area contributed by atoms with Crippen molar-refractivity contribution >= 4 is 11.6 Å². The van der Waals surface area contributed by atoms with Crippen molar-refractivity contribution in [2.24, 2.45) is 0 Å². The predicted octanol–water partition coefficient (Wildman–Crippen LogP) is 2.50. The number of H-pyrrole nitrogens is 1. The van der Waals surface area contributed by atoms with E-state index >= 15 is 0 Å². The van der Waals surface area contributed by atoms with Gasteiger partial charge in [-0.05, 0) is 32.1 Å². The summed E-state index contributed by atoms with van der Waals surface area (Å²) in [4.78, 5) is 31.6. The standard InChI is InChI=1S/C19H23N5O3/c1-3-12-10-18(25)24-17(20-12)11-14(21-24)15-7-5-6-8-23(15)19(26)16-9-13(4-2)22-27-16/h9-11,15,21H,3-8H2,1-2H3. The van der Waals surface area contributed by atoms with Crippen molar-refractivity contribution in [3.05, 3.63) is 51.4 Å². The van der Waals surface area contributed by atoms with E-state index in [1.165, 1.54) is 10.6 Å². The van der Waals surface area contributed by atoms with Crippen LogP contribution in [-0.2, 0) is 12.8 Å². The van der Waals surface area contributed by atoms with Crippen molar-refractivity contribution in [1.29, 1.82) is 0 Å². The van der Waals surface area contributed by atoms with E-state index in [1.807, 2.05) is 19.9 Å². The second-order valence-corrected chi connectivity index (χ2v) is 6.89. The number of aryl methyl sites for hydroxylation is 2. The van der Waals surface area contributed by atoms with Crippen LogP contribution in [0.2, 0.25) is 0 Å². The lowest BCUT2D eigenvalue weighted by molar-refractivity contribution is 0.0563. The van der Waals surface area contributed by atoms with E-state index in [1.54, 1.807) is 11.0 Å². The molecule has 0 radical (unpaired) electrons. The average molecular weight is 369 g/mol. The van der Waals surface area contributed by atoms with Crippen molar-refractivity contribution < 1.29 is 9.32 Å². The lowest BCUT2D eigenvalue weighted by Crippen LogP contribution is -2.38. The molecule has 3 aromatic rings. The number of aromatic nitrogens is 4. The fourth-order valence-electron chi connectivity index (χ4n) is 3.63. The number of likely N-dealkylation sites (tertiary alicyclic amines) is 1. The van der Waals surface area contributed by atoms with Crippen LogP contribution in [0.3, 0.4) is 0 Å².